The van der Waals surface area contributed by atoms with Crippen molar-refractivity contribution in [2.45, 2.75) is 45.4 Å². The van der Waals surface area contributed by atoms with E-state index in [9.17, 15) is 19.6 Å². The Morgan fingerprint density at radius 2 is 1.69 bits per heavy atom. The number of hydrogen-bond donors (Lipinski definition) is 3. The summed E-state index contributed by atoms with van der Waals surface area (Å²) in [5.74, 6) is -0.620. The number of carbonyl (C=O) groups excluding carboxylic acids is 3. The summed E-state index contributed by atoms with van der Waals surface area (Å²) < 4.78 is 10.4. The van der Waals surface area contributed by atoms with Gasteiger partial charge >= 0.3 is 6.09 Å². The number of nitriles is 1. The van der Waals surface area contributed by atoms with Gasteiger partial charge in [-0.2, -0.15) is 17.9 Å². The van der Waals surface area contributed by atoms with E-state index < -0.39 is 42.1 Å². The van der Waals surface area contributed by atoms with Crippen LogP contribution >= 0.6 is 12.6 Å². The second-order valence-electron chi connectivity index (χ2n) is 9.04. The van der Waals surface area contributed by atoms with Gasteiger partial charge in [-0.05, 0) is 57.5 Å². The van der Waals surface area contributed by atoms with Crippen LogP contribution in [0.4, 0.5) is 10.5 Å². The zero-order valence-electron chi connectivity index (χ0n) is 21.1. The number of carbonyl (C=O) groups is 3. The SMILES string of the molecule is COc1ccc(NC(=O)C(c2ccc(C)cc2)N(CC#N)C(=O)C(CS)NC(=O)OC(C)(C)C)cc1. The van der Waals surface area contributed by atoms with Crippen LogP contribution in [0.3, 0.4) is 0 Å². The normalized spacial score (nSPS) is 12.5. The predicted molar refractivity (Wildman–Crippen MR) is 140 cm³/mol. The molecule has 0 spiro atoms. The molecule has 0 aromatic heterocycles. The number of ether oxygens (including phenoxy) is 2. The lowest BCUT2D eigenvalue weighted by Crippen LogP contribution is -2.53. The Hall–Kier alpha value is -3.71. The van der Waals surface area contributed by atoms with Crippen molar-refractivity contribution in [2.24, 2.45) is 0 Å². The first-order valence-corrected chi connectivity index (χ1v) is 11.9. The Balaban J connectivity index is 2.41. The van der Waals surface area contributed by atoms with Crippen molar-refractivity contribution < 1.29 is 23.9 Å². The molecule has 2 rings (SSSR count). The van der Waals surface area contributed by atoms with Crippen molar-refractivity contribution in [2.75, 3.05) is 24.7 Å². The first-order valence-electron chi connectivity index (χ1n) is 11.3. The molecule has 192 valence electrons. The number of benzene rings is 2. The topological polar surface area (TPSA) is 121 Å². The van der Waals surface area contributed by atoms with Gasteiger partial charge in [0.15, 0.2) is 0 Å². The van der Waals surface area contributed by atoms with E-state index in [2.05, 4.69) is 23.3 Å². The Morgan fingerprint density at radius 1 is 1.08 bits per heavy atom. The standard InChI is InChI=1S/C26H32N4O5S/c1-17-6-8-18(9-7-17)22(23(31)28-19-10-12-20(34-5)13-11-19)30(15-14-27)24(32)21(16-36)29-25(33)35-26(2,3)4/h6-13,21-22,36H,15-16H2,1-5H3,(H,28,31)(H,29,33). The number of rotatable bonds is 9. The minimum atomic E-state index is -1.15. The molecule has 3 amide bonds. The summed E-state index contributed by atoms with van der Waals surface area (Å²) in [5, 5.41) is 14.8. The van der Waals surface area contributed by atoms with Gasteiger partial charge in [-0.3, -0.25) is 9.59 Å². The number of nitrogens with one attached hydrogen (secondary N) is 2. The number of aryl methyl sites for hydroxylation is 1. The quantitative estimate of drug-likeness (QED) is 0.347. The molecule has 0 saturated carbocycles. The van der Waals surface area contributed by atoms with Gasteiger partial charge in [0.1, 0.15) is 30.0 Å². The molecule has 10 heteroatoms. The number of anilines is 1. The third-order valence-corrected chi connectivity index (χ3v) is 5.37. The zero-order chi connectivity index (χ0) is 26.9. The van der Waals surface area contributed by atoms with Crippen LogP contribution in [0.2, 0.25) is 0 Å². The molecule has 0 radical (unpaired) electrons. The zero-order valence-corrected chi connectivity index (χ0v) is 22.0. The molecule has 0 aliphatic carbocycles. The first kappa shape index (κ1) is 28.5. The molecule has 0 aliphatic heterocycles. The third kappa shape index (κ3) is 8.20. The summed E-state index contributed by atoms with van der Waals surface area (Å²) in [7, 11) is 1.54. The van der Waals surface area contributed by atoms with Crippen molar-refractivity contribution in [3.8, 4) is 11.8 Å². The highest BCUT2D eigenvalue weighted by molar-refractivity contribution is 7.80. The van der Waals surface area contributed by atoms with E-state index in [1.54, 1.807) is 57.2 Å². The monoisotopic (exact) mass is 512 g/mol. The molecule has 0 saturated heterocycles. The van der Waals surface area contributed by atoms with Crippen molar-refractivity contribution >= 4 is 36.2 Å². The van der Waals surface area contributed by atoms with Gasteiger partial charge < -0.3 is 25.0 Å². The van der Waals surface area contributed by atoms with Crippen LogP contribution in [0.15, 0.2) is 48.5 Å². The highest BCUT2D eigenvalue weighted by Gasteiger charge is 2.36. The molecular weight excluding hydrogens is 480 g/mol. The van der Waals surface area contributed by atoms with Crippen LogP contribution in [-0.4, -0.2) is 53.9 Å². The number of methoxy groups -OCH3 is 1. The molecule has 9 nitrogen and oxygen atoms in total. The fraction of sp³-hybridized carbons (Fsp3) is 0.385. The third-order valence-electron chi connectivity index (χ3n) is 5.01. The van der Waals surface area contributed by atoms with Gasteiger partial charge in [0.2, 0.25) is 5.91 Å². The van der Waals surface area contributed by atoms with Crippen molar-refractivity contribution in [1.82, 2.24) is 10.2 Å². The van der Waals surface area contributed by atoms with Crippen molar-refractivity contribution in [1.29, 1.82) is 5.26 Å². The van der Waals surface area contributed by atoms with Crippen LogP contribution in [0.5, 0.6) is 5.75 Å². The van der Waals surface area contributed by atoms with E-state index in [0.717, 1.165) is 10.5 Å². The molecule has 2 atom stereocenters. The minimum absolute atomic E-state index is 0.0687. The van der Waals surface area contributed by atoms with Crippen molar-refractivity contribution in [3.05, 3.63) is 59.7 Å². The van der Waals surface area contributed by atoms with Crippen LogP contribution in [0.25, 0.3) is 0 Å². The molecule has 0 bridgehead atoms. The van der Waals surface area contributed by atoms with Crippen molar-refractivity contribution in [3.63, 3.8) is 0 Å². The van der Waals surface area contributed by atoms with Crippen LogP contribution in [0, 0.1) is 18.3 Å². The average Bonchev–Trinajstić information content (AvgIpc) is 2.82. The average molecular weight is 513 g/mol. The second kappa shape index (κ2) is 12.8. The smallest absolute Gasteiger partial charge is 0.408 e. The molecule has 2 unspecified atom stereocenters. The fourth-order valence-corrected chi connectivity index (χ4v) is 3.56. The molecule has 0 heterocycles. The molecule has 36 heavy (non-hydrogen) atoms. The number of thiol groups is 1. The summed E-state index contributed by atoms with van der Waals surface area (Å²) >= 11 is 4.21. The van der Waals surface area contributed by atoms with Crippen LogP contribution < -0.4 is 15.4 Å². The van der Waals surface area contributed by atoms with E-state index in [1.807, 2.05) is 25.1 Å². The fourth-order valence-electron chi connectivity index (χ4n) is 3.31. The lowest BCUT2D eigenvalue weighted by molar-refractivity contribution is -0.139. The van der Waals surface area contributed by atoms with E-state index in [0.29, 0.717) is 17.0 Å². The molecular formula is C26H32N4O5S. The van der Waals surface area contributed by atoms with Gasteiger partial charge in [-0.25, -0.2) is 4.79 Å². The van der Waals surface area contributed by atoms with E-state index in [4.69, 9.17) is 9.47 Å². The summed E-state index contributed by atoms with van der Waals surface area (Å²) in [6.07, 6.45) is -0.804. The summed E-state index contributed by atoms with van der Waals surface area (Å²) in [6, 6.07) is 13.5. The van der Waals surface area contributed by atoms with Gasteiger partial charge in [0.25, 0.3) is 5.91 Å². The van der Waals surface area contributed by atoms with E-state index >= 15 is 0 Å². The Labute approximate surface area is 217 Å². The highest BCUT2D eigenvalue weighted by atomic mass is 32.1. The Kier molecular flexibility index (Phi) is 10.2. The first-order chi connectivity index (χ1) is 17.0. The maximum Gasteiger partial charge on any atom is 0.408 e. The number of alkyl carbamates (subject to hydrolysis) is 1. The van der Waals surface area contributed by atoms with E-state index in [-0.39, 0.29) is 5.75 Å². The summed E-state index contributed by atoms with van der Waals surface area (Å²) in [6.45, 7) is 6.60. The number of amides is 3. The number of hydrogen-bond acceptors (Lipinski definition) is 7. The number of nitrogens with zero attached hydrogens (tertiary/aromatic N) is 2. The predicted octanol–water partition coefficient (Wildman–Crippen LogP) is 3.86. The van der Waals surface area contributed by atoms with Gasteiger partial charge in [-0.1, -0.05) is 29.8 Å². The summed E-state index contributed by atoms with van der Waals surface area (Å²) in [5.41, 5.74) is 1.18. The van der Waals surface area contributed by atoms with Crippen LogP contribution in [0.1, 0.15) is 37.9 Å². The molecule has 0 fully saturated rings. The highest BCUT2D eigenvalue weighted by Crippen LogP contribution is 2.25. The molecule has 2 aromatic carbocycles. The molecule has 0 aliphatic rings. The maximum atomic E-state index is 13.5. The minimum Gasteiger partial charge on any atom is -0.497 e. The molecule has 2 N–H and O–H groups in total. The lowest BCUT2D eigenvalue weighted by atomic mass is 10.0. The van der Waals surface area contributed by atoms with Gasteiger partial charge in [0, 0.05) is 11.4 Å². The summed E-state index contributed by atoms with van der Waals surface area (Å²) in [4.78, 5) is 40.5. The molecule has 2 aromatic rings. The largest absolute Gasteiger partial charge is 0.497 e. The van der Waals surface area contributed by atoms with Gasteiger partial charge in [-0.15, -0.1) is 0 Å². The lowest BCUT2D eigenvalue weighted by Gasteiger charge is -2.32. The maximum absolute atomic E-state index is 13.5. The Bertz CT molecular complexity index is 1090. The second-order valence-corrected chi connectivity index (χ2v) is 9.40. The van der Waals surface area contributed by atoms with E-state index in [1.165, 1.54) is 7.11 Å². The Morgan fingerprint density at radius 3 is 2.19 bits per heavy atom. The van der Waals surface area contributed by atoms with Gasteiger partial charge in [0.05, 0.1) is 13.2 Å². The van der Waals surface area contributed by atoms with Crippen LogP contribution in [-0.2, 0) is 14.3 Å².